The summed E-state index contributed by atoms with van der Waals surface area (Å²) in [5.74, 6) is -0.895. The van der Waals surface area contributed by atoms with E-state index >= 15 is 0 Å². The van der Waals surface area contributed by atoms with Crippen molar-refractivity contribution in [3.63, 3.8) is 0 Å². The molecule has 0 spiro atoms. The third kappa shape index (κ3) is 44.7. The minimum absolute atomic E-state index is 0.0777. The minimum atomic E-state index is -0.777. The van der Waals surface area contributed by atoms with Gasteiger partial charge in [0.1, 0.15) is 13.2 Å². The fraction of sp³-hybridized carbons (Fsp3) is 0.827. The molecule has 0 N–H and O–H groups in total. The summed E-state index contributed by atoms with van der Waals surface area (Å²) in [5.41, 5.74) is 0. The fourth-order valence-corrected chi connectivity index (χ4v) is 7.05. The van der Waals surface area contributed by atoms with Gasteiger partial charge in [-0.15, -0.1) is 0 Å². The Morgan fingerprint density at radius 3 is 0.983 bits per heavy atom. The SMILES string of the molecule is CCCCCC/C=C\C/C=C\CCCCCCCC(=O)OCC(COC(=O)CCCCCCCCCCCC)OC(=O)CCCCCCC/C=C\CCCCCCC. The van der Waals surface area contributed by atoms with Crippen molar-refractivity contribution in [2.45, 2.75) is 264 Å². The van der Waals surface area contributed by atoms with Gasteiger partial charge in [0.2, 0.25) is 0 Å². The van der Waals surface area contributed by atoms with Crippen molar-refractivity contribution in [3.8, 4) is 0 Å². The number of carbonyl (C=O) groups excluding carboxylic acids is 3. The largest absolute Gasteiger partial charge is 0.462 e. The zero-order valence-corrected chi connectivity index (χ0v) is 38.6. The van der Waals surface area contributed by atoms with Crippen molar-refractivity contribution in [2.24, 2.45) is 0 Å². The molecule has 0 heterocycles. The molecule has 0 bridgehead atoms. The molecule has 0 aromatic carbocycles. The normalized spacial score (nSPS) is 12.3. The molecule has 6 heteroatoms. The minimum Gasteiger partial charge on any atom is -0.462 e. The summed E-state index contributed by atoms with van der Waals surface area (Å²) in [6, 6.07) is 0. The third-order valence-electron chi connectivity index (χ3n) is 10.9. The standard InChI is InChI=1S/C52H94O6/c1-4-7-10-13-16-19-22-24-26-27-29-30-33-36-39-42-45-51(54)57-48-49(47-56-50(53)44-41-38-35-32-21-18-15-12-9-6-3)58-52(55)46-43-40-37-34-31-28-25-23-20-17-14-11-8-5-2/h19,22-23,25-27,49H,4-18,20-21,24,28-48H2,1-3H3/b22-19-,25-23-,27-26-. The second-order valence-electron chi connectivity index (χ2n) is 16.7. The van der Waals surface area contributed by atoms with Crippen LogP contribution < -0.4 is 0 Å². The van der Waals surface area contributed by atoms with Crippen LogP contribution in [-0.2, 0) is 28.6 Å². The zero-order chi connectivity index (χ0) is 42.3. The van der Waals surface area contributed by atoms with Gasteiger partial charge in [0.05, 0.1) is 0 Å². The van der Waals surface area contributed by atoms with Gasteiger partial charge in [-0.25, -0.2) is 0 Å². The molecule has 0 aromatic heterocycles. The van der Waals surface area contributed by atoms with Gasteiger partial charge in [-0.05, 0) is 77.0 Å². The van der Waals surface area contributed by atoms with E-state index in [4.69, 9.17) is 14.2 Å². The number of rotatable bonds is 45. The van der Waals surface area contributed by atoms with Crippen LogP contribution in [0.1, 0.15) is 258 Å². The van der Waals surface area contributed by atoms with Crippen molar-refractivity contribution in [3.05, 3.63) is 36.5 Å². The van der Waals surface area contributed by atoms with Crippen LogP contribution in [0, 0.1) is 0 Å². The predicted octanol–water partition coefficient (Wildman–Crippen LogP) is 16.1. The summed E-state index contributed by atoms with van der Waals surface area (Å²) >= 11 is 0. The van der Waals surface area contributed by atoms with Crippen LogP contribution in [0.15, 0.2) is 36.5 Å². The first-order valence-corrected chi connectivity index (χ1v) is 25.0. The molecule has 0 aromatic rings. The van der Waals surface area contributed by atoms with E-state index in [1.807, 2.05) is 0 Å². The molecule has 0 radical (unpaired) electrons. The summed E-state index contributed by atoms with van der Waals surface area (Å²) < 4.78 is 16.7. The quantitative estimate of drug-likeness (QED) is 0.0264. The molecule has 0 rings (SSSR count). The average Bonchev–Trinajstić information content (AvgIpc) is 3.22. The second-order valence-corrected chi connectivity index (χ2v) is 16.7. The molecule has 0 amide bonds. The van der Waals surface area contributed by atoms with Crippen molar-refractivity contribution in [2.75, 3.05) is 13.2 Å². The van der Waals surface area contributed by atoms with Gasteiger partial charge >= 0.3 is 17.9 Å². The monoisotopic (exact) mass is 815 g/mol. The Bertz CT molecular complexity index is 984. The first-order chi connectivity index (χ1) is 28.5. The lowest BCUT2D eigenvalue weighted by Gasteiger charge is -2.18. The van der Waals surface area contributed by atoms with Crippen molar-refractivity contribution in [1.29, 1.82) is 0 Å². The van der Waals surface area contributed by atoms with Crippen molar-refractivity contribution < 1.29 is 28.6 Å². The summed E-state index contributed by atoms with van der Waals surface area (Å²) in [6.45, 7) is 6.59. The van der Waals surface area contributed by atoms with Crippen LogP contribution in [0.2, 0.25) is 0 Å². The summed E-state index contributed by atoms with van der Waals surface area (Å²) in [5, 5.41) is 0. The Morgan fingerprint density at radius 2 is 0.621 bits per heavy atom. The summed E-state index contributed by atoms with van der Waals surface area (Å²) in [6.07, 6.45) is 54.1. The zero-order valence-electron chi connectivity index (χ0n) is 38.6. The van der Waals surface area contributed by atoms with Crippen LogP contribution in [0.25, 0.3) is 0 Å². The molecule has 338 valence electrons. The molecule has 1 unspecified atom stereocenters. The van der Waals surface area contributed by atoms with Crippen molar-refractivity contribution in [1.82, 2.24) is 0 Å². The van der Waals surface area contributed by atoms with E-state index in [0.717, 1.165) is 89.9 Å². The maximum absolute atomic E-state index is 12.8. The number of esters is 3. The first kappa shape index (κ1) is 55.6. The van der Waals surface area contributed by atoms with Gasteiger partial charge in [-0.1, -0.05) is 198 Å². The molecule has 0 aliphatic rings. The Labute approximate surface area is 359 Å². The Kier molecular flexibility index (Phi) is 45.4. The second kappa shape index (κ2) is 47.3. The molecule has 0 saturated carbocycles. The molecule has 58 heavy (non-hydrogen) atoms. The van der Waals surface area contributed by atoms with E-state index in [1.54, 1.807) is 0 Å². The number of hydrogen-bond donors (Lipinski definition) is 0. The van der Waals surface area contributed by atoms with Crippen molar-refractivity contribution >= 4 is 17.9 Å². The fourth-order valence-electron chi connectivity index (χ4n) is 7.05. The topological polar surface area (TPSA) is 78.9 Å². The molecule has 0 fully saturated rings. The van der Waals surface area contributed by atoms with Gasteiger partial charge in [0.25, 0.3) is 0 Å². The Morgan fingerprint density at radius 1 is 0.345 bits per heavy atom. The molecule has 0 aliphatic carbocycles. The molecule has 0 aliphatic heterocycles. The van der Waals surface area contributed by atoms with Crippen LogP contribution in [0.3, 0.4) is 0 Å². The van der Waals surface area contributed by atoms with Gasteiger partial charge in [-0.3, -0.25) is 14.4 Å². The predicted molar refractivity (Wildman–Crippen MR) is 247 cm³/mol. The lowest BCUT2D eigenvalue weighted by atomic mass is 10.1. The van der Waals surface area contributed by atoms with E-state index in [2.05, 4.69) is 57.2 Å². The number of ether oxygens (including phenoxy) is 3. The first-order valence-electron chi connectivity index (χ1n) is 25.0. The number of carbonyl (C=O) groups is 3. The van der Waals surface area contributed by atoms with E-state index in [1.165, 1.54) is 128 Å². The maximum Gasteiger partial charge on any atom is 0.306 e. The number of allylic oxidation sites excluding steroid dienone is 6. The lowest BCUT2D eigenvalue weighted by Crippen LogP contribution is -2.30. The highest BCUT2D eigenvalue weighted by Crippen LogP contribution is 2.14. The van der Waals surface area contributed by atoms with E-state index in [9.17, 15) is 14.4 Å². The maximum atomic E-state index is 12.8. The van der Waals surface area contributed by atoms with Crippen LogP contribution >= 0.6 is 0 Å². The van der Waals surface area contributed by atoms with Gasteiger partial charge < -0.3 is 14.2 Å². The molecule has 0 saturated heterocycles. The summed E-state index contributed by atoms with van der Waals surface area (Å²) in [4.78, 5) is 37.8. The van der Waals surface area contributed by atoms with Crippen LogP contribution in [-0.4, -0.2) is 37.2 Å². The van der Waals surface area contributed by atoms with Crippen LogP contribution in [0.5, 0.6) is 0 Å². The molecule has 1 atom stereocenters. The van der Waals surface area contributed by atoms with Gasteiger partial charge in [0.15, 0.2) is 6.10 Å². The van der Waals surface area contributed by atoms with E-state index < -0.39 is 6.10 Å². The van der Waals surface area contributed by atoms with Crippen LogP contribution in [0.4, 0.5) is 0 Å². The highest BCUT2D eigenvalue weighted by molar-refractivity contribution is 5.71. The number of hydrogen-bond acceptors (Lipinski definition) is 6. The lowest BCUT2D eigenvalue weighted by molar-refractivity contribution is -0.167. The third-order valence-corrected chi connectivity index (χ3v) is 10.9. The molecule has 6 nitrogen and oxygen atoms in total. The molecular formula is C52H94O6. The van der Waals surface area contributed by atoms with E-state index in [0.29, 0.717) is 19.3 Å². The van der Waals surface area contributed by atoms with Gasteiger partial charge in [0, 0.05) is 19.3 Å². The summed E-state index contributed by atoms with van der Waals surface area (Å²) in [7, 11) is 0. The molecular weight excluding hydrogens is 721 g/mol. The van der Waals surface area contributed by atoms with Gasteiger partial charge in [-0.2, -0.15) is 0 Å². The average molecular weight is 815 g/mol. The smallest absolute Gasteiger partial charge is 0.306 e. The van der Waals surface area contributed by atoms with E-state index in [-0.39, 0.29) is 31.1 Å². The number of unbranched alkanes of at least 4 members (excludes halogenated alkanes) is 28. The highest BCUT2D eigenvalue weighted by Gasteiger charge is 2.19. The Hall–Kier alpha value is -2.37. The highest BCUT2D eigenvalue weighted by atomic mass is 16.6. The Balaban J connectivity index is 4.37.